The van der Waals surface area contributed by atoms with Crippen molar-refractivity contribution in [2.45, 2.75) is 0 Å². The van der Waals surface area contributed by atoms with Crippen molar-refractivity contribution in [3.05, 3.63) is 109 Å². The lowest BCUT2D eigenvalue weighted by Gasteiger charge is -2.15. The maximum Gasteiger partial charge on any atom is 0.150 e. The third kappa shape index (κ3) is 4.74. The molecule has 0 fully saturated rings. The predicted octanol–water partition coefficient (Wildman–Crippen LogP) is 6.93. The first-order valence-corrected chi connectivity index (χ1v) is 11.4. The maximum absolute atomic E-state index is 6.53. The molecule has 8 N–H and O–H groups in total. The Bertz CT molecular complexity index is 1400. The number of rotatable bonds is 6. The van der Waals surface area contributed by atoms with Gasteiger partial charge in [-0.05, 0) is 77.9 Å². The molecule has 6 nitrogen and oxygen atoms in total. The SMILES string of the molecule is Nc1ccc(Oc2cccc(-c3cccc(-c4cccc(Oc5ccc(N)cc5)c4N)c3)c2N)cc1. The van der Waals surface area contributed by atoms with Crippen LogP contribution < -0.4 is 32.4 Å². The maximum atomic E-state index is 6.53. The van der Waals surface area contributed by atoms with Crippen LogP contribution in [0.1, 0.15) is 0 Å². The topological polar surface area (TPSA) is 123 Å². The fourth-order valence-electron chi connectivity index (χ4n) is 3.95. The normalized spacial score (nSPS) is 10.7. The van der Waals surface area contributed by atoms with Crippen LogP contribution in [0.25, 0.3) is 22.3 Å². The van der Waals surface area contributed by atoms with E-state index in [4.69, 9.17) is 32.4 Å². The molecule has 5 aromatic rings. The molecule has 0 aliphatic carbocycles. The van der Waals surface area contributed by atoms with Gasteiger partial charge in [-0.2, -0.15) is 0 Å². The molecule has 5 rings (SSSR count). The highest BCUT2D eigenvalue weighted by Crippen LogP contribution is 2.40. The van der Waals surface area contributed by atoms with Crippen LogP contribution in [0.15, 0.2) is 109 Å². The van der Waals surface area contributed by atoms with Crippen molar-refractivity contribution in [3.8, 4) is 45.3 Å². The summed E-state index contributed by atoms with van der Waals surface area (Å²) in [6.07, 6.45) is 0. The van der Waals surface area contributed by atoms with E-state index in [1.54, 1.807) is 24.3 Å². The van der Waals surface area contributed by atoms with Crippen molar-refractivity contribution >= 4 is 22.7 Å². The lowest BCUT2D eigenvalue weighted by atomic mass is 9.97. The van der Waals surface area contributed by atoms with Crippen LogP contribution in [0, 0.1) is 0 Å². The average molecular weight is 475 g/mol. The molecule has 0 spiro atoms. The number of benzene rings is 5. The number of anilines is 4. The Morgan fingerprint density at radius 3 is 1.22 bits per heavy atom. The van der Waals surface area contributed by atoms with E-state index in [0.717, 1.165) is 22.3 Å². The Morgan fingerprint density at radius 2 is 0.806 bits per heavy atom. The Morgan fingerprint density at radius 1 is 0.417 bits per heavy atom. The summed E-state index contributed by atoms with van der Waals surface area (Å²) in [4.78, 5) is 0. The summed E-state index contributed by atoms with van der Waals surface area (Å²) in [5, 5.41) is 0. The van der Waals surface area contributed by atoms with E-state index in [9.17, 15) is 0 Å². The van der Waals surface area contributed by atoms with Crippen molar-refractivity contribution in [1.82, 2.24) is 0 Å². The van der Waals surface area contributed by atoms with Gasteiger partial charge in [-0.3, -0.25) is 0 Å². The van der Waals surface area contributed by atoms with Crippen LogP contribution in [-0.4, -0.2) is 0 Å². The molecule has 178 valence electrons. The van der Waals surface area contributed by atoms with Gasteiger partial charge in [0.15, 0.2) is 11.5 Å². The Kier molecular flexibility index (Phi) is 6.07. The zero-order valence-electron chi connectivity index (χ0n) is 19.5. The van der Waals surface area contributed by atoms with Gasteiger partial charge in [0.25, 0.3) is 0 Å². The van der Waals surface area contributed by atoms with Gasteiger partial charge in [0, 0.05) is 22.5 Å². The largest absolute Gasteiger partial charge is 0.455 e. The fraction of sp³-hybridized carbons (Fsp3) is 0. The van der Waals surface area contributed by atoms with Gasteiger partial charge >= 0.3 is 0 Å². The first-order chi connectivity index (χ1) is 17.5. The standard InChI is InChI=1S/C30H26N4O2/c31-21-10-14-23(15-11-21)35-27-8-2-6-25(29(27)33)19-4-1-5-20(18-19)26-7-3-9-28(30(26)34)36-24-16-12-22(32)13-17-24/h1-18H,31-34H2. The minimum absolute atomic E-state index is 0.542. The van der Waals surface area contributed by atoms with Gasteiger partial charge in [0.2, 0.25) is 0 Å². The molecule has 6 heteroatoms. The van der Waals surface area contributed by atoms with Crippen molar-refractivity contribution in [3.63, 3.8) is 0 Å². The van der Waals surface area contributed by atoms with Crippen LogP contribution in [0.2, 0.25) is 0 Å². The molecule has 0 aliphatic heterocycles. The van der Waals surface area contributed by atoms with Crippen LogP contribution >= 0.6 is 0 Å². The van der Waals surface area contributed by atoms with E-state index >= 15 is 0 Å². The van der Waals surface area contributed by atoms with Gasteiger partial charge in [-0.25, -0.2) is 0 Å². The van der Waals surface area contributed by atoms with E-state index < -0.39 is 0 Å². The van der Waals surface area contributed by atoms with Crippen LogP contribution in [0.5, 0.6) is 23.0 Å². The van der Waals surface area contributed by atoms with E-state index in [1.807, 2.05) is 78.9 Å². The summed E-state index contributed by atoms with van der Waals surface area (Å²) in [5.41, 5.74) is 30.6. The summed E-state index contributed by atoms with van der Waals surface area (Å²) < 4.78 is 12.0. The molecule has 5 aromatic carbocycles. The minimum Gasteiger partial charge on any atom is -0.455 e. The molecular formula is C30H26N4O2. The van der Waals surface area contributed by atoms with Gasteiger partial charge in [0.1, 0.15) is 11.5 Å². The lowest BCUT2D eigenvalue weighted by molar-refractivity contribution is 0.485. The van der Waals surface area contributed by atoms with Crippen molar-refractivity contribution < 1.29 is 9.47 Å². The molecule has 0 atom stereocenters. The van der Waals surface area contributed by atoms with Crippen molar-refractivity contribution in [1.29, 1.82) is 0 Å². The second kappa shape index (κ2) is 9.64. The summed E-state index contributed by atoms with van der Waals surface area (Å²) in [6, 6.07) is 33.9. The number of hydrogen-bond acceptors (Lipinski definition) is 6. The minimum atomic E-state index is 0.542. The zero-order valence-corrected chi connectivity index (χ0v) is 19.5. The van der Waals surface area contributed by atoms with Crippen LogP contribution in [0.4, 0.5) is 22.7 Å². The second-order valence-corrected chi connectivity index (χ2v) is 8.36. The number of para-hydroxylation sites is 2. The third-order valence-corrected chi connectivity index (χ3v) is 5.83. The van der Waals surface area contributed by atoms with E-state index in [0.29, 0.717) is 45.7 Å². The Hall–Kier alpha value is -5.10. The number of ether oxygens (including phenoxy) is 2. The summed E-state index contributed by atoms with van der Waals surface area (Å²) in [7, 11) is 0. The molecule has 0 aromatic heterocycles. The van der Waals surface area contributed by atoms with E-state index in [2.05, 4.69) is 6.07 Å². The monoisotopic (exact) mass is 474 g/mol. The first-order valence-electron chi connectivity index (χ1n) is 11.4. The highest BCUT2D eigenvalue weighted by molar-refractivity contribution is 5.86. The molecule has 0 aliphatic rings. The highest BCUT2D eigenvalue weighted by Gasteiger charge is 2.13. The van der Waals surface area contributed by atoms with E-state index in [-0.39, 0.29) is 0 Å². The molecule has 36 heavy (non-hydrogen) atoms. The molecule has 0 saturated heterocycles. The Balaban J connectivity index is 1.46. The van der Waals surface area contributed by atoms with Gasteiger partial charge < -0.3 is 32.4 Å². The summed E-state index contributed by atoms with van der Waals surface area (Å²) in [6.45, 7) is 0. The summed E-state index contributed by atoms with van der Waals surface area (Å²) >= 11 is 0. The Labute approximate surface area is 209 Å². The quantitative estimate of drug-likeness (QED) is 0.198. The molecule has 0 bridgehead atoms. The van der Waals surface area contributed by atoms with Crippen molar-refractivity contribution in [2.75, 3.05) is 22.9 Å². The van der Waals surface area contributed by atoms with Gasteiger partial charge in [-0.1, -0.05) is 42.5 Å². The van der Waals surface area contributed by atoms with E-state index in [1.165, 1.54) is 0 Å². The highest BCUT2D eigenvalue weighted by atomic mass is 16.5. The molecule has 0 amide bonds. The summed E-state index contributed by atoms with van der Waals surface area (Å²) in [5.74, 6) is 2.46. The van der Waals surface area contributed by atoms with Crippen LogP contribution in [-0.2, 0) is 0 Å². The number of hydrogen-bond donors (Lipinski definition) is 4. The van der Waals surface area contributed by atoms with Crippen molar-refractivity contribution in [2.24, 2.45) is 0 Å². The fourth-order valence-corrected chi connectivity index (χ4v) is 3.95. The zero-order chi connectivity index (χ0) is 25.1. The second-order valence-electron chi connectivity index (χ2n) is 8.36. The van der Waals surface area contributed by atoms with Crippen LogP contribution in [0.3, 0.4) is 0 Å². The van der Waals surface area contributed by atoms with Gasteiger partial charge in [-0.15, -0.1) is 0 Å². The average Bonchev–Trinajstić information content (AvgIpc) is 2.89. The molecular weight excluding hydrogens is 448 g/mol. The smallest absolute Gasteiger partial charge is 0.150 e. The number of nitrogen functional groups attached to an aromatic ring is 4. The number of nitrogens with two attached hydrogens (primary N) is 4. The predicted molar refractivity (Wildman–Crippen MR) is 148 cm³/mol. The molecule has 0 saturated carbocycles. The molecule has 0 radical (unpaired) electrons. The first kappa shape index (κ1) is 22.7. The molecule has 0 heterocycles. The lowest BCUT2D eigenvalue weighted by Crippen LogP contribution is -1.97. The van der Waals surface area contributed by atoms with Gasteiger partial charge in [0.05, 0.1) is 11.4 Å². The molecule has 0 unspecified atom stereocenters. The third-order valence-electron chi connectivity index (χ3n) is 5.83.